The van der Waals surface area contributed by atoms with Gasteiger partial charge >= 0.3 is 0 Å². The Kier molecular flexibility index (Phi) is 6.63. The minimum Gasteiger partial charge on any atom is -0.333 e. The lowest BCUT2D eigenvalue weighted by atomic mass is 10.00. The number of piperazine rings is 1. The Bertz CT molecular complexity index is 1120. The van der Waals surface area contributed by atoms with Crippen molar-refractivity contribution < 1.29 is 14.0 Å². The molecule has 176 valence electrons. The number of benzene rings is 1. The molecule has 1 unspecified atom stereocenters. The minimum absolute atomic E-state index is 0.0186. The summed E-state index contributed by atoms with van der Waals surface area (Å²) in [5, 5.41) is 6.60. The summed E-state index contributed by atoms with van der Waals surface area (Å²) >= 11 is 0. The van der Waals surface area contributed by atoms with Crippen molar-refractivity contribution in [3.8, 4) is 0 Å². The smallest absolute Gasteiger partial charge is 0.267 e. The van der Waals surface area contributed by atoms with Crippen LogP contribution >= 0.6 is 0 Å². The third-order valence-electron chi connectivity index (χ3n) is 7.18. The largest absolute Gasteiger partial charge is 0.333 e. The number of amides is 2. The van der Waals surface area contributed by atoms with Gasteiger partial charge in [0.05, 0.1) is 11.3 Å². The van der Waals surface area contributed by atoms with Crippen molar-refractivity contribution in [2.45, 2.75) is 71.4 Å². The van der Waals surface area contributed by atoms with Crippen LogP contribution in [0.2, 0.25) is 0 Å². The second-order valence-corrected chi connectivity index (χ2v) is 9.23. The lowest BCUT2D eigenvalue weighted by Gasteiger charge is -2.44. The van der Waals surface area contributed by atoms with E-state index in [0.29, 0.717) is 29.8 Å². The molecule has 2 heterocycles. The number of carbonyl (C=O) groups is 2. The molecule has 7 nitrogen and oxygen atoms in total. The fourth-order valence-corrected chi connectivity index (χ4v) is 5.07. The van der Waals surface area contributed by atoms with Crippen molar-refractivity contribution >= 4 is 11.8 Å². The van der Waals surface area contributed by atoms with E-state index in [1.54, 1.807) is 13.0 Å². The first-order valence-corrected chi connectivity index (χ1v) is 11.7. The van der Waals surface area contributed by atoms with Crippen LogP contribution in [-0.2, 0) is 11.2 Å². The van der Waals surface area contributed by atoms with Crippen LogP contribution in [0.3, 0.4) is 0 Å². The summed E-state index contributed by atoms with van der Waals surface area (Å²) in [6, 6.07) is 4.65. The van der Waals surface area contributed by atoms with E-state index in [4.69, 9.17) is 0 Å². The van der Waals surface area contributed by atoms with Crippen molar-refractivity contribution in [3.63, 3.8) is 0 Å². The van der Waals surface area contributed by atoms with Crippen LogP contribution in [0.25, 0.3) is 0 Å². The van der Waals surface area contributed by atoms with E-state index in [0.717, 1.165) is 37.7 Å². The van der Waals surface area contributed by atoms with Crippen LogP contribution in [-0.4, -0.2) is 57.0 Å². The first kappa shape index (κ1) is 23.1. The first-order valence-electron chi connectivity index (χ1n) is 11.7. The predicted octanol–water partition coefficient (Wildman–Crippen LogP) is 3.12. The fraction of sp³-hybridized carbons (Fsp3) is 0.520. The van der Waals surface area contributed by atoms with Gasteiger partial charge in [-0.2, -0.15) is 5.10 Å². The molecule has 2 aromatic rings. The number of nitrogens with zero attached hydrogens (tertiary/aromatic N) is 3. The number of hydrogen-bond acceptors (Lipinski definition) is 4. The van der Waals surface area contributed by atoms with Gasteiger partial charge in [-0.15, -0.1) is 0 Å². The van der Waals surface area contributed by atoms with Crippen LogP contribution in [0.1, 0.15) is 71.8 Å². The fourth-order valence-electron chi connectivity index (χ4n) is 5.07. The number of halogens is 1. The number of carbonyl (C=O) groups excluding carboxylic acids is 2. The Hall–Kier alpha value is -3.03. The van der Waals surface area contributed by atoms with Gasteiger partial charge in [-0.25, -0.2) is 9.49 Å². The average molecular weight is 455 g/mol. The molecule has 1 saturated carbocycles. The number of rotatable bonds is 5. The van der Waals surface area contributed by atoms with Gasteiger partial charge in [-0.3, -0.25) is 14.4 Å². The molecule has 1 atom stereocenters. The highest BCUT2D eigenvalue weighted by molar-refractivity contribution is 5.97. The molecule has 1 saturated heterocycles. The van der Waals surface area contributed by atoms with Crippen LogP contribution < -0.4 is 5.56 Å². The molecule has 2 aliphatic rings. The van der Waals surface area contributed by atoms with Gasteiger partial charge < -0.3 is 9.80 Å². The third-order valence-corrected chi connectivity index (χ3v) is 7.18. The van der Waals surface area contributed by atoms with Gasteiger partial charge in [-0.1, -0.05) is 25.8 Å². The lowest BCUT2D eigenvalue weighted by molar-refractivity contribution is -0.141. The predicted molar refractivity (Wildman–Crippen MR) is 123 cm³/mol. The van der Waals surface area contributed by atoms with Gasteiger partial charge in [-0.05, 0) is 56.4 Å². The van der Waals surface area contributed by atoms with Gasteiger partial charge in [0.2, 0.25) is 5.91 Å². The zero-order valence-corrected chi connectivity index (χ0v) is 19.5. The number of H-pyrrole nitrogens is 1. The molecule has 1 N–H and O–H groups in total. The van der Waals surface area contributed by atoms with Crippen LogP contribution in [0.5, 0.6) is 0 Å². The summed E-state index contributed by atoms with van der Waals surface area (Å²) in [5.41, 5.74) is 2.47. The summed E-state index contributed by atoms with van der Waals surface area (Å²) in [6.45, 7) is 5.97. The van der Waals surface area contributed by atoms with Crippen LogP contribution in [0.15, 0.2) is 23.0 Å². The normalized spacial score (nSPS) is 19.4. The Morgan fingerprint density at radius 1 is 1.18 bits per heavy atom. The van der Waals surface area contributed by atoms with E-state index in [1.165, 1.54) is 17.0 Å². The number of nitrogens with one attached hydrogen (secondary N) is 1. The van der Waals surface area contributed by atoms with Crippen molar-refractivity contribution in [3.05, 3.63) is 62.3 Å². The van der Waals surface area contributed by atoms with E-state index >= 15 is 0 Å². The second-order valence-electron chi connectivity index (χ2n) is 9.23. The summed E-state index contributed by atoms with van der Waals surface area (Å²) in [5.74, 6) is -1.12. The Labute approximate surface area is 193 Å². The molecule has 4 rings (SSSR count). The molecule has 1 aromatic carbocycles. The highest BCUT2D eigenvalue weighted by Gasteiger charge is 2.39. The topological polar surface area (TPSA) is 86.4 Å². The number of hydrogen-bond donors (Lipinski definition) is 1. The maximum Gasteiger partial charge on any atom is 0.267 e. The van der Waals surface area contributed by atoms with E-state index in [1.807, 2.05) is 18.7 Å². The quantitative estimate of drug-likeness (QED) is 0.752. The molecule has 2 amide bonds. The number of aromatic nitrogens is 2. The Morgan fingerprint density at radius 2 is 1.91 bits per heavy atom. The standard InChI is InChI=1S/C25H31FN4O3/c1-4-18-13-29(14-23(31)30(18)19-7-5-6-8-19)25(33)20-11-17(9-10-21(20)26)12-22-15(2)16(3)24(32)28-27-22/h9-11,18-19H,4-8,12-14H2,1-3H3,(H,28,32). The summed E-state index contributed by atoms with van der Waals surface area (Å²) in [6.07, 6.45) is 5.42. The lowest BCUT2D eigenvalue weighted by Crippen LogP contribution is -2.60. The molecule has 1 aromatic heterocycles. The monoisotopic (exact) mass is 454 g/mol. The zero-order valence-electron chi connectivity index (χ0n) is 19.5. The van der Waals surface area contributed by atoms with Gasteiger partial charge in [0.15, 0.2) is 0 Å². The van der Waals surface area contributed by atoms with Crippen molar-refractivity contribution in [2.75, 3.05) is 13.1 Å². The molecule has 0 radical (unpaired) electrons. The van der Waals surface area contributed by atoms with Crippen LogP contribution in [0, 0.1) is 19.7 Å². The summed E-state index contributed by atoms with van der Waals surface area (Å²) < 4.78 is 14.7. The first-order chi connectivity index (χ1) is 15.8. The molecule has 1 aliphatic carbocycles. The maximum atomic E-state index is 14.7. The molecule has 2 fully saturated rings. The van der Waals surface area contributed by atoms with E-state index in [-0.39, 0.29) is 35.7 Å². The SMILES string of the molecule is CCC1CN(C(=O)c2cc(Cc3n[nH]c(=O)c(C)c3C)ccc2F)CC(=O)N1C1CCCC1. The molecular formula is C25H31FN4O3. The Morgan fingerprint density at radius 3 is 2.61 bits per heavy atom. The average Bonchev–Trinajstić information content (AvgIpc) is 3.34. The maximum absolute atomic E-state index is 14.7. The number of aromatic amines is 1. The molecule has 0 bridgehead atoms. The highest BCUT2D eigenvalue weighted by atomic mass is 19.1. The second kappa shape index (κ2) is 9.45. The van der Waals surface area contributed by atoms with Gasteiger partial charge in [0.25, 0.3) is 11.5 Å². The highest BCUT2D eigenvalue weighted by Crippen LogP contribution is 2.29. The van der Waals surface area contributed by atoms with Crippen molar-refractivity contribution in [2.24, 2.45) is 0 Å². The van der Waals surface area contributed by atoms with Gasteiger partial charge in [0.1, 0.15) is 12.4 Å². The minimum atomic E-state index is -0.607. The molecule has 33 heavy (non-hydrogen) atoms. The molecule has 8 heteroatoms. The van der Waals surface area contributed by atoms with Crippen molar-refractivity contribution in [1.29, 1.82) is 0 Å². The van der Waals surface area contributed by atoms with E-state index in [2.05, 4.69) is 10.2 Å². The third kappa shape index (κ3) is 4.56. The zero-order chi connectivity index (χ0) is 23.7. The Balaban J connectivity index is 1.55. The molecule has 0 spiro atoms. The van der Waals surface area contributed by atoms with Crippen LogP contribution in [0.4, 0.5) is 4.39 Å². The molecular weight excluding hydrogens is 423 g/mol. The summed E-state index contributed by atoms with van der Waals surface area (Å²) in [7, 11) is 0. The van der Waals surface area contributed by atoms with Crippen molar-refractivity contribution in [1.82, 2.24) is 20.0 Å². The van der Waals surface area contributed by atoms with E-state index < -0.39 is 11.7 Å². The van der Waals surface area contributed by atoms with Gasteiger partial charge in [0, 0.05) is 30.6 Å². The summed E-state index contributed by atoms with van der Waals surface area (Å²) in [4.78, 5) is 41.5. The van der Waals surface area contributed by atoms with E-state index in [9.17, 15) is 18.8 Å². The molecule has 1 aliphatic heterocycles.